The van der Waals surface area contributed by atoms with E-state index in [1.807, 2.05) is 34.9 Å². The van der Waals surface area contributed by atoms with Crippen LogP contribution in [0.4, 0.5) is 0 Å². The second-order valence-corrected chi connectivity index (χ2v) is 9.21. The second kappa shape index (κ2) is 9.58. The van der Waals surface area contributed by atoms with Gasteiger partial charge in [-0.15, -0.1) is 0 Å². The molecule has 2 aromatic carbocycles. The summed E-state index contributed by atoms with van der Waals surface area (Å²) in [5.41, 5.74) is 2.26. The van der Waals surface area contributed by atoms with Crippen LogP contribution in [0.2, 0.25) is 5.02 Å². The van der Waals surface area contributed by atoms with Gasteiger partial charge in [0.1, 0.15) is 5.82 Å². The van der Waals surface area contributed by atoms with Gasteiger partial charge in [-0.05, 0) is 23.3 Å². The van der Waals surface area contributed by atoms with Crippen LogP contribution in [0.3, 0.4) is 0 Å². The molecule has 1 aliphatic rings. The monoisotopic (exact) mass is 478 g/mol. The Balaban J connectivity index is 1.39. The highest BCUT2D eigenvalue weighted by Gasteiger charge is 2.22. The van der Waals surface area contributed by atoms with E-state index in [4.69, 9.17) is 16.6 Å². The number of hydrogen-bond donors (Lipinski definition) is 1. The zero-order chi connectivity index (χ0) is 23.7. The fourth-order valence-corrected chi connectivity index (χ4v) is 4.62. The second-order valence-electron chi connectivity index (χ2n) is 8.77. The molecule has 5 rings (SSSR count). The number of aryl methyl sites for hydroxylation is 1. The van der Waals surface area contributed by atoms with E-state index in [1.54, 1.807) is 7.05 Å². The molecule has 0 aliphatic carbocycles. The van der Waals surface area contributed by atoms with E-state index in [-0.39, 0.29) is 0 Å². The Kier molecular flexibility index (Phi) is 6.36. The highest BCUT2D eigenvalue weighted by Crippen LogP contribution is 2.18. The molecule has 1 aliphatic heterocycles. The Morgan fingerprint density at radius 3 is 2.15 bits per heavy atom. The average Bonchev–Trinajstić information content (AvgIpc) is 3.19. The van der Waals surface area contributed by atoms with Crippen molar-refractivity contribution in [3.05, 3.63) is 97.4 Å². The predicted molar refractivity (Wildman–Crippen MR) is 133 cm³/mol. The van der Waals surface area contributed by atoms with Crippen molar-refractivity contribution in [2.45, 2.75) is 19.6 Å². The van der Waals surface area contributed by atoms with Gasteiger partial charge in [-0.3, -0.25) is 24.1 Å². The molecule has 1 fully saturated rings. The third-order valence-corrected chi connectivity index (χ3v) is 6.67. The van der Waals surface area contributed by atoms with Gasteiger partial charge in [0.15, 0.2) is 11.2 Å². The molecule has 0 atom stereocenters. The van der Waals surface area contributed by atoms with Crippen LogP contribution in [0.5, 0.6) is 0 Å². The van der Waals surface area contributed by atoms with Crippen LogP contribution < -0.4 is 11.2 Å². The smallest absolute Gasteiger partial charge is 0.317 e. The van der Waals surface area contributed by atoms with Crippen LogP contribution >= 0.6 is 11.6 Å². The van der Waals surface area contributed by atoms with E-state index in [1.165, 1.54) is 10.1 Å². The van der Waals surface area contributed by atoms with Crippen molar-refractivity contribution in [3.63, 3.8) is 0 Å². The number of H-pyrrole nitrogens is 1. The summed E-state index contributed by atoms with van der Waals surface area (Å²) in [7, 11) is 1.63. The summed E-state index contributed by atoms with van der Waals surface area (Å²) in [6.07, 6.45) is 0. The molecule has 0 amide bonds. The number of halogens is 1. The maximum Gasteiger partial charge on any atom is 0.329 e. The molecule has 9 heteroatoms. The van der Waals surface area contributed by atoms with Crippen LogP contribution in [0.1, 0.15) is 17.0 Å². The summed E-state index contributed by atoms with van der Waals surface area (Å²) in [4.78, 5) is 36.9. The molecule has 0 saturated carbocycles. The molecule has 0 spiro atoms. The van der Waals surface area contributed by atoms with E-state index < -0.39 is 11.2 Å². The third-order valence-electron chi connectivity index (χ3n) is 6.42. The zero-order valence-corrected chi connectivity index (χ0v) is 19.8. The Morgan fingerprint density at radius 2 is 1.47 bits per heavy atom. The summed E-state index contributed by atoms with van der Waals surface area (Å²) in [5.74, 6) is 0.771. The molecule has 3 heterocycles. The highest BCUT2D eigenvalue weighted by molar-refractivity contribution is 6.30. The van der Waals surface area contributed by atoms with Gasteiger partial charge in [0.2, 0.25) is 0 Å². The van der Waals surface area contributed by atoms with E-state index >= 15 is 0 Å². The van der Waals surface area contributed by atoms with Crippen molar-refractivity contribution < 1.29 is 0 Å². The van der Waals surface area contributed by atoms with E-state index in [2.05, 4.69) is 39.0 Å². The normalized spacial score (nSPS) is 15.2. The number of rotatable bonds is 6. The predicted octanol–water partition coefficient (Wildman–Crippen LogP) is 2.44. The quantitative estimate of drug-likeness (QED) is 0.460. The summed E-state index contributed by atoms with van der Waals surface area (Å²) in [5, 5.41) is 0.660. The minimum Gasteiger partial charge on any atom is -0.317 e. The van der Waals surface area contributed by atoms with Gasteiger partial charge in [-0.1, -0.05) is 54.1 Å². The van der Waals surface area contributed by atoms with Gasteiger partial charge in [-0.2, -0.15) is 0 Å². The summed E-state index contributed by atoms with van der Waals surface area (Å²) in [6, 6.07) is 18.1. The van der Waals surface area contributed by atoms with Gasteiger partial charge < -0.3 is 4.57 Å². The van der Waals surface area contributed by atoms with Crippen molar-refractivity contribution in [2.24, 2.45) is 7.05 Å². The molecule has 0 unspecified atom stereocenters. The molecule has 0 radical (unpaired) electrons. The molecule has 8 nitrogen and oxygen atoms in total. The van der Waals surface area contributed by atoms with Crippen LogP contribution in [-0.4, -0.2) is 55.1 Å². The van der Waals surface area contributed by atoms with Crippen LogP contribution in [0, 0.1) is 0 Å². The number of hydrogen-bond acceptors (Lipinski definition) is 5. The number of aromatic amines is 1. The summed E-state index contributed by atoms with van der Waals surface area (Å²) in [6.45, 7) is 5.77. The van der Waals surface area contributed by atoms with E-state index in [0.717, 1.165) is 44.1 Å². The van der Waals surface area contributed by atoms with Crippen molar-refractivity contribution >= 4 is 22.8 Å². The minimum atomic E-state index is -0.463. The molecule has 0 bridgehead atoms. The van der Waals surface area contributed by atoms with Crippen LogP contribution in [-0.2, 0) is 26.7 Å². The van der Waals surface area contributed by atoms with Crippen molar-refractivity contribution in [1.29, 1.82) is 0 Å². The van der Waals surface area contributed by atoms with Crippen molar-refractivity contribution in [2.75, 3.05) is 26.2 Å². The topological polar surface area (TPSA) is 79.2 Å². The Bertz CT molecular complexity index is 1400. The van der Waals surface area contributed by atoms with Gasteiger partial charge >= 0.3 is 5.69 Å². The fourth-order valence-electron chi connectivity index (χ4n) is 4.49. The first kappa shape index (κ1) is 22.6. The van der Waals surface area contributed by atoms with Crippen LogP contribution in [0.15, 0.2) is 64.2 Å². The standard InChI is InChI=1S/C25H27ClN6O2/c1-29-23-22(24(33)28-25(29)34)32(16-19-7-9-20(26)10-8-19)21(27-23)17-31-13-11-30(12-14-31)15-18-5-3-2-4-6-18/h2-10H,11-17H2,1H3,(H,28,33,34). The van der Waals surface area contributed by atoms with Gasteiger partial charge in [0.25, 0.3) is 5.56 Å². The molecule has 4 aromatic rings. The van der Waals surface area contributed by atoms with E-state index in [0.29, 0.717) is 29.3 Å². The average molecular weight is 479 g/mol. The zero-order valence-electron chi connectivity index (χ0n) is 19.1. The van der Waals surface area contributed by atoms with Crippen molar-refractivity contribution in [1.82, 2.24) is 28.9 Å². The molecular formula is C25H27ClN6O2. The third kappa shape index (κ3) is 4.70. The number of nitrogens with one attached hydrogen (secondary N) is 1. The van der Waals surface area contributed by atoms with Crippen LogP contribution in [0.25, 0.3) is 11.2 Å². The molecule has 176 valence electrons. The minimum absolute atomic E-state index is 0.403. The molecule has 1 saturated heterocycles. The lowest BCUT2D eigenvalue weighted by atomic mass is 10.2. The van der Waals surface area contributed by atoms with E-state index in [9.17, 15) is 9.59 Å². The van der Waals surface area contributed by atoms with Gasteiger partial charge in [0, 0.05) is 51.3 Å². The summed E-state index contributed by atoms with van der Waals surface area (Å²) >= 11 is 6.05. The number of piperazine rings is 1. The van der Waals surface area contributed by atoms with Gasteiger partial charge in [-0.25, -0.2) is 9.78 Å². The lowest BCUT2D eigenvalue weighted by Gasteiger charge is -2.34. The fraction of sp³-hybridized carbons (Fsp3) is 0.320. The Morgan fingerprint density at radius 1 is 0.853 bits per heavy atom. The number of imidazole rings is 1. The first-order valence-electron chi connectivity index (χ1n) is 11.4. The first-order chi connectivity index (χ1) is 16.5. The number of nitrogens with zero attached hydrogens (tertiary/aromatic N) is 5. The molecular weight excluding hydrogens is 452 g/mol. The number of benzene rings is 2. The van der Waals surface area contributed by atoms with Crippen molar-refractivity contribution in [3.8, 4) is 0 Å². The summed E-state index contributed by atoms with van der Waals surface area (Å²) < 4.78 is 3.32. The Hall–Kier alpha value is -3.20. The first-order valence-corrected chi connectivity index (χ1v) is 11.8. The highest BCUT2D eigenvalue weighted by atomic mass is 35.5. The molecule has 34 heavy (non-hydrogen) atoms. The maximum absolute atomic E-state index is 12.8. The number of fused-ring (bicyclic) bond motifs is 1. The number of aromatic nitrogens is 4. The lowest BCUT2D eigenvalue weighted by Crippen LogP contribution is -2.45. The maximum atomic E-state index is 12.8. The molecule has 2 aromatic heterocycles. The largest absolute Gasteiger partial charge is 0.329 e. The molecule has 1 N–H and O–H groups in total. The lowest BCUT2D eigenvalue weighted by molar-refractivity contribution is 0.119. The SMILES string of the molecule is Cn1c(=O)[nH]c(=O)c2c1nc(CN1CCN(Cc3ccccc3)CC1)n2Cc1ccc(Cl)cc1. The Labute approximate surface area is 202 Å². The van der Waals surface area contributed by atoms with Gasteiger partial charge in [0.05, 0.1) is 6.54 Å².